The normalized spacial score (nSPS) is 23.0. The van der Waals surface area contributed by atoms with Crippen LogP contribution in [0, 0.1) is 11.7 Å². The van der Waals surface area contributed by atoms with Crippen LogP contribution in [0.1, 0.15) is 53.3 Å². The van der Waals surface area contributed by atoms with Crippen molar-refractivity contribution in [2.45, 2.75) is 50.4 Å². The van der Waals surface area contributed by atoms with E-state index in [1.165, 1.54) is 17.0 Å². The standard InChI is InChI=1S/C26H21Cl2FN2O5/c27-17-2-1-3-18(28)22(17)23-16(24(36-30-23)12-4-5-12)11-35-21-10-14-9-15(21)25(32)31(14)20-7-6-13(26(33)34)8-19(20)29/h1-3,6-8,12,14-15,21H,4-5,9-11H2,(H,33,34)/t14-,15-,21+/m0/s1. The molecular formula is C26H21Cl2FN2O5. The fraction of sp³-hybridized carbons (Fsp3) is 0.346. The summed E-state index contributed by atoms with van der Waals surface area (Å²) in [4.78, 5) is 25.7. The summed E-state index contributed by atoms with van der Waals surface area (Å²) in [6.45, 7) is 0.190. The average Bonchev–Trinajstić information content (AvgIpc) is 3.35. The Bertz CT molecular complexity index is 1370. The second-order valence-corrected chi connectivity index (χ2v) is 10.3. The predicted molar refractivity (Wildman–Crippen MR) is 130 cm³/mol. The minimum absolute atomic E-state index is 0.0988. The predicted octanol–water partition coefficient (Wildman–Crippen LogP) is 6.07. The molecule has 3 aromatic rings. The molecule has 1 saturated heterocycles. The molecule has 3 fully saturated rings. The van der Waals surface area contributed by atoms with Gasteiger partial charge in [0.2, 0.25) is 5.91 Å². The first-order chi connectivity index (χ1) is 17.3. The summed E-state index contributed by atoms with van der Waals surface area (Å²) >= 11 is 12.9. The van der Waals surface area contributed by atoms with Crippen LogP contribution in [0.15, 0.2) is 40.9 Å². The van der Waals surface area contributed by atoms with Crippen LogP contribution in [0.25, 0.3) is 11.3 Å². The Kier molecular flexibility index (Phi) is 5.78. The number of ether oxygens (including phenoxy) is 1. The van der Waals surface area contributed by atoms with E-state index in [0.29, 0.717) is 34.1 Å². The molecule has 186 valence electrons. The minimum atomic E-state index is -1.22. The summed E-state index contributed by atoms with van der Waals surface area (Å²) in [5.41, 5.74) is 1.86. The van der Waals surface area contributed by atoms with E-state index in [4.69, 9.17) is 37.6 Å². The highest BCUT2D eigenvalue weighted by Crippen LogP contribution is 2.48. The Hall–Kier alpha value is -2.94. The van der Waals surface area contributed by atoms with E-state index in [0.717, 1.165) is 30.2 Å². The fourth-order valence-corrected chi connectivity index (χ4v) is 5.95. The molecule has 2 aromatic carbocycles. The number of hydrogen-bond acceptors (Lipinski definition) is 5. The van der Waals surface area contributed by atoms with Crippen LogP contribution in [0.2, 0.25) is 10.0 Å². The number of fused-ring (bicyclic) bond motifs is 2. The zero-order chi connectivity index (χ0) is 25.1. The molecule has 1 aliphatic heterocycles. The quantitative estimate of drug-likeness (QED) is 0.398. The first-order valence-electron chi connectivity index (χ1n) is 11.7. The van der Waals surface area contributed by atoms with Gasteiger partial charge in [-0.2, -0.15) is 0 Å². The number of benzene rings is 2. The number of carboxylic acid groups (broad SMARTS) is 1. The van der Waals surface area contributed by atoms with Gasteiger partial charge < -0.3 is 19.3 Å². The molecule has 1 N–H and O–H groups in total. The highest BCUT2D eigenvalue weighted by molar-refractivity contribution is 6.39. The van der Waals surface area contributed by atoms with Gasteiger partial charge in [0.25, 0.3) is 0 Å². The van der Waals surface area contributed by atoms with Crippen LogP contribution in [0.5, 0.6) is 0 Å². The number of carbonyl (C=O) groups excluding carboxylic acids is 1. The molecule has 0 radical (unpaired) electrons. The molecule has 6 rings (SSSR count). The Balaban J connectivity index is 1.22. The summed E-state index contributed by atoms with van der Waals surface area (Å²) in [6, 6.07) is 8.62. The zero-order valence-corrected chi connectivity index (χ0v) is 20.4. The van der Waals surface area contributed by atoms with Gasteiger partial charge >= 0.3 is 5.97 Å². The van der Waals surface area contributed by atoms with E-state index in [-0.39, 0.29) is 41.8 Å². The highest BCUT2D eigenvalue weighted by atomic mass is 35.5. The molecular weight excluding hydrogens is 510 g/mol. The van der Waals surface area contributed by atoms with Crippen molar-refractivity contribution in [3.05, 3.63) is 69.1 Å². The molecule has 7 nitrogen and oxygen atoms in total. The largest absolute Gasteiger partial charge is 0.478 e. The molecule has 1 aromatic heterocycles. The van der Waals surface area contributed by atoms with Crippen LogP contribution >= 0.6 is 23.2 Å². The molecule has 2 aliphatic carbocycles. The van der Waals surface area contributed by atoms with Crippen molar-refractivity contribution in [1.29, 1.82) is 0 Å². The number of nitrogens with zero attached hydrogens (tertiary/aromatic N) is 2. The fourth-order valence-electron chi connectivity index (χ4n) is 5.38. The number of piperidine rings is 1. The molecule has 0 spiro atoms. The molecule has 2 bridgehead atoms. The van der Waals surface area contributed by atoms with E-state index in [1.807, 2.05) is 0 Å². The number of carbonyl (C=O) groups is 2. The van der Waals surface area contributed by atoms with Gasteiger partial charge in [-0.25, -0.2) is 9.18 Å². The Morgan fingerprint density at radius 2 is 1.94 bits per heavy atom. The summed E-state index contributed by atoms with van der Waals surface area (Å²) < 4.78 is 26.6. The maximum Gasteiger partial charge on any atom is 0.335 e. The first kappa shape index (κ1) is 23.5. The smallest absolute Gasteiger partial charge is 0.335 e. The Labute approximate surface area is 215 Å². The molecule has 2 saturated carbocycles. The van der Waals surface area contributed by atoms with Gasteiger partial charge in [-0.1, -0.05) is 34.4 Å². The number of aromatic nitrogens is 1. The van der Waals surface area contributed by atoms with Gasteiger partial charge in [0, 0.05) is 23.1 Å². The third-order valence-corrected chi connectivity index (χ3v) is 7.89. The Morgan fingerprint density at radius 1 is 1.19 bits per heavy atom. The van der Waals surface area contributed by atoms with Crippen LogP contribution < -0.4 is 4.90 Å². The van der Waals surface area contributed by atoms with Crippen LogP contribution in [-0.2, 0) is 16.1 Å². The number of anilines is 1. The number of amides is 1. The van der Waals surface area contributed by atoms with Crippen LogP contribution in [-0.4, -0.2) is 34.3 Å². The molecule has 2 heterocycles. The number of carboxylic acids is 1. The topological polar surface area (TPSA) is 92.9 Å². The lowest BCUT2D eigenvalue weighted by atomic mass is 10.0. The lowest BCUT2D eigenvalue weighted by molar-refractivity contribution is -0.126. The lowest BCUT2D eigenvalue weighted by Gasteiger charge is -2.31. The molecule has 10 heteroatoms. The van der Waals surface area contributed by atoms with Crippen molar-refractivity contribution in [2.75, 3.05) is 4.90 Å². The van der Waals surface area contributed by atoms with E-state index >= 15 is 0 Å². The number of rotatable bonds is 7. The summed E-state index contributed by atoms with van der Waals surface area (Å²) in [5, 5.41) is 14.3. The van der Waals surface area contributed by atoms with Crippen molar-refractivity contribution in [3.63, 3.8) is 0 Å². The molecule has 3 aliphatic rings. The monoisotopic (exact) mass is 530 g/mol. The second kappa shape index (κ2) is 8.87. The first-order valence-corrected chi connectivity index (χ1v) is 12.5. The maximum absolute atomic E-state index is 14.7. The van der Waals surface area contributed by atoms with Crippen molar-refractivity contribution in [1.82, 2.24) is 5.16 Å². The molecule has 1 amide bonds. The van der Waals surface area contributed by atoms with Crippen molar-refractivity contribution < 1.29 is 28.3 Å². The van der Waals surface area contributed by atoms with Crippen LogP contribution in [0.4, 0.5) is 10.1 Å². The van der Waals surface area contributed by atoms with Gasteiger partial charge in [0.1, 0.15) is 17.3 Å². The zero-order valence-electron chi connectivity index (χ0n) is 18.9. The SMILES string of the molecule is O=C(O)c1ccc(N2C(=O)[C@H]3C[C@H]2C[C@H]3OCc2c(-c3c(Cl)cccc3Cl)noc2C2CC2)c(F)c1. The third kappa shape index (κ3) is 3.88. The minimum Gasteiger partial charge on any atom is -0.478 e. The number of hydrogen-bond donors (Lipinski definition) is 1. The van der Waals surface area contributed by atoms with Gasteiger partial charge in [0.05, 0.1) is 39.9 Å². The summed E-state index contributed by atoms with van der Waals surface area (Å²) in [6.07, 6.45) is 2.77. The van der Waals surface area contributed by atoms with Gasteiger partial charge in [-0.15, -0.1) is 0 Å². The molecule has 0 unspecified atom stereocenters. The van der Waals surface area contributed by atoms with Crippen LogP contribution in [0.3, 0.4) is 0 Å². The molecule has 36 heavy (non-hydrogen) atoms. The van der Waals surface area contributed by atoms with E-state index < -0.39 is 17.7 Å². The highest BCUT2D eigenvalue weighted by Gasteiger charge is 2.52. The van der Waals surface area contributed by atoms with Crippen molar-refractivity contribution >= 4 is 40.8 Å². The summed E-state index contributed by atoms with van der Waals surface area (Å²) in [5.74, 6) is -1.55. The maximum atomic E-state index is 14.7. The van der Waals surface area contributed by atoms with Gasteiger partial charge in [-0.3, -0.25) is 4.79 Å². The van der Waals surface area contributed by atoms with Gasteiger partial charge in [0.15, 0.2) is 0 Å². The number of aromatic carboxylic acids is 1. The van der Waals surface area contributed by atoms with E-state index in [2.05, 4.69) is 5.16 Å². The van der Waals surface area contributed by atoms with Gasteiger partial charge in [-0.05, 0) is 56.0 Å². The second-order valence-electron chi connectivity index (χ2n) is 9.51. The molecule has 3 atom stereocenters. The van der Waals surface area contributed by atoms with Crippen molar-refractivity contribution in [2.24, 2.45) is 5.92 Å². The Morgan fingerprint density at radius 3 is 2.58 bits per heavy atom. The van der Waals surface area contributed by atoms with E-state index in [9.17, 15) is 14.0 Å². The number of halogens is 3. The summed E-state index contributed by atoms with van der Waals surface area (Å²) in [7, 11) is 0. The third-order valence-electron chi connectivity index (χ3n) is 7.26. The van der Waals surface area contributed by atoms with Crippen molar-refractivity contribution in [3.8, 4) is 11.3 Å². The van der Waals surface area contributed by atoms with E-state index in [1.54, 1.807) is 18.2 Å². The lowest BCUT2D eigenvalue weighted by Crippen LogP contribution is -2.43. The average molecular weight is 531 g/mol.